The number of aromatic amines is 1. The SMILES string of the molecule is O=C(Nc1ccc(-n2cccn2)cc1)c1cn[nH]c1. The molecule has 94 valence electrons. The second-order valence-electron chi connectivity index (χ2n) is 3.94. The summed E-state index contributed by atoms with van der Waals surface area (Å²) in [6, 6.07) is 9.29. The molecule has 0 aliphatic rings. The van der Waals surface area contributed by atoms with Crippen molar-refractivity contribution in [1.82, 2.24) is 20.0 Å². The number of nitrogens with zero attached hydrogens (tertiary/aromatic N) is 3. The third kappa shape index (κ3) is 2.37. The normalized spacial score (nSPS) is 10.3. The van der Waals surface area contributed by atoms with Gasteiger partial charge >= 0.3 is 0 Å². The predicted molar refractivity (Wildman–Crippen MR) is 70.1 cm³/mol. The highest BCUT2D eigenvalue weighted by Gasteiger charge is 2.06. The maximum absolute atomic E-state index is 11.8. The van der Waals surface area contributed by atoms with E-state index in [1.165, 1.54) is 6.20 Å². The minimum absolute atomic E-state index is 0.194. The largest absolute Gasteiger partial charge is 0.322 e. The Morgan fingerprint density at radius 1 is 1.26 bits per heavy atom. The summed E-state index contributed by atoms with van der Waals surface area (Å²) in [6.45, 7) is 0. The topological polar surface area (TPSA) is 75.6 Å². The molecule has 0 unspecified atom stereocenters. The number of hydrogen-bond donors (Lipinski definition) is 2. The molecule has 0 saturated carbocycles. The molecule has 3 aromatic rings. The number of carbonyl (C=O) groups is 1. The van der Waals surface area contributed by atoms with Crippen LogP contribution >= 0.6 is 0 Å². The second kappa shape index (κ2) is 4.77. The van der Waals surface area contributed by atoms with Crippen molar-refractivity contribution in [3.63, 3.8) is 0 Å². The first-order valence-corrected chi connectivity index (χ1v) is 5.73. The quantitative estimate of drug-likeness (QED) is 0.748. The number of H-pyrrole nitrogens is 1. The van der Waals surface area contributed by atoms with Gasteiger partial charge in [-0.25, -0.2) is 4.68 Å². The van der Waals surface area contributed by atoms with Crippen molar-refractivity contribution in [3.05, 3.63) is 60.7 Å². The van der Waals surface area contributed by atoms with Gasteiger partial charge < -0.3 is 5.32 Å². The third-order valence-corrected chi connectivity index (χ3v) is 2.65. The second-order valence-corrected chi connectivity index (χ2v) is 3.94. The van der Waals surface area contributed by atoms with Crippen LogP contribution in [0.4, 0.5) is 5.69 Å². The minimum Gasteiger partial charge on any atom is -0.322 e. The highest BCUT2D eigenvalue weighted by Crippen LogP contribution is 2.13. The fraction of sp³-hybridized carbons (Fsp3) is 0. The van der Waals surface area contributed by atoms with Crippen molar-refractivity contribution in [2.45, 2.75) is 0 Å². The van der Waals surface area contributed by atoms with Crippen molar-refractivity contribution in [2.24, 2.45) is 0 Å². The van der Waals surface area contributed by atoms with E-state index in [9.17, 15) is 4.79 Å². The van der Waals surface area contributed by atoms with Crippen LogP contribution in [0, 0.1) is 0 Å². The molecule has 0 aliphatic carbocycles. The number of amides is 1. The van der Waals surface area contributed by atoms with E-state index in [2.05, 4.69) is 20.6 Å². The maximum atomic E-state index is 11.8. The number of carbonyl (C=O) groups excluding carboxylic acids is 1. The van der Waals surface area contributed by atoms with Gasteiger partial charge in [-0.1, -0.05) is 0 Å². The van der Waals surface area contributed by atoms with E-state index in [-0.39, 0.29) is 5.91 Å². The lowest BCUT2D eigenvalue weighted by Crippen LogP contribution is -2.10. The molecule has 19 heavy (non-hydrogen) atoms. The van der Waals surface area contributed by atoms with Crippen LogP contribution in [-0.4, -0.2) is 25.9 Å². The predicted octanol–water partition coefficient (Wildman–Crippen LogP) is 1.85. The van der Waals surface area contributed by atoms with Gasteiger partial charge in [-0.05, 0) is 30.3 Å². The van der Waals surface area contributed by atoms with E-state index in [1.54, 1.807) is 17.1 Å². The van der Waals surface area contributed by atoms with Crippen molar-refractivity contribution < 1.29 is 4.79 Å². The summed E-state index contributed by atoms with van der Waals surface area (Å²) in [5, 5.41) is 13.3. The average molecular weight is 253 g/mol. The summed E-state index contributed by atoms with van der Waals surface area (Å²) in [5.41, 5.74) is 2.16. The number of rotatable bonds is 3. The lowest BCUT2D eigenvalue weighted by molar-refractivity contribution is 0.102. The van der Waals surface area contributed by atoms with Crippen molar-refractivity contribution in [2.75, 3.05) is 5.32 Å². The smallest absolute Gasteiger partial charge is 0.258 e. The fourth-order valence-electron chi connectivity index (χ4n) is 1.70. The van der Waals surface area contributed by atoms with Crippen LogP contribution in [0.2, 0.25) is 0 Å². The number of benzene rings is 1. The van der Waals surface area contributed by atoms with E-state index in [0.29, 0.717) is 5.56 Å². The number of aromatic nitrogens is 4. The molecule has 2 aromatic heterocycles. The molecule has 1 aromatic carbocycles. The molecule has 2 heterocycles. The Bertz CT molecular complexity index is 656. The molecule has 6 heteroatoms. The van der Waals surface area contributed by atoms with Gasteiger partial charge in [-0.3, -0.25) is 9.89 Å². The van der Waals surface area contributed by atoms with E-state index < -0.39 is 0 Å². The third-order valence-electron chi connectivity index (χ3n) is 2.65. The first-order chi connectivity index (χ1) is 9.33. The van der Waals surface area contributed by atoms with Crippen molar-refractivity contribution >= 4 is 11.6 Å². The zero-order valence-electron chi connectivity index (χ0n) is 9.95. The first kappa shape index (κ1) is 11.2. The Balaban J connectivity index is 1.75. The molecule has 0 bridgehead atoms. The van der Waals surface area contributed by atoms with Gasteiger partial charge in [0.15, 0.2) is 0 Å². The summed E-state index contributed by atoms with van der Waals surface area (Å²) in [5.74, 6) is -0.194. The zero-order chi connectivity index (χ0) is 13.1. The summed E-state index contributed by atoms with van der Waals surface area (Å²) < 4.78 is 1.75. The van der Waals surface area contributed by atoms with Crippen LogP contribution in [0.3, 0.4) is 0 Å². The molecular weight excluding hydrogens is 242 g/mol. The summed E-state index contributed by atoms with van der Waals surface area (Å²) in [4.78, 5) is 11.8. The lowest BCUT2D eigenvalue weighted by atomic mass is 10.2. The van der Waals surface area contributed by atoms with Gasteiger partial charge in [0, 0.05) is 24.3 Å². The maximum Gasteiger partial charge on any atom is 0.258 e. The van der Waals surface area contributed by atoms with Crippen LogP contribution in [0.1, 0.15) is 10.4 Å². The minimum atomic E-state index is -0.194. The fourth-order valence-corrected chi connectivity index (χ4v) is 1.70. The summed E-state index contributed by atoms with van der Waals surface area (Å²) >= 11 is 0. The molecular formula is C13H11N5O. The Morgan fingerprint density at radius 3 is 2.74 bits per heavy atom. The Labute approximate surface area is 109 Å². The van der Waals surface area contributed by atoms with Crippen LogP contribution in [0.5, 0.6) is 0 Å². The molecule has 0 atom stereocenters. The highest BCUT2D eigenvalue weighted by molar-refractivity contribution is 6.03. The molecule has 3 rings (SSSR count). The molecule has 1 amide bonds. The zero-order valence-corrected chi connectivity index (χ0v) is 9.95. The van der Waals surface area contributed by atoms with Crippen molar-refractivity contribution in [1.29, 1.82) is 0 Å². The average Bonchev–Trinajstić information content (AvgIpc) is 3.13. The number of nitrogens with one attached hydrogen (secondary N) is 2. The van der Waals surface area contributed by atoms with E-state index in [4.69, 9.17) is 0 Å². The lowest BCUT2D eigenvalue weighted by Gasteiger charge is -2.05. The standard InChI is InChI=1S/C13H11N5O/c19-13(10-8-14-15-9-10)17-11-2-4-12(5-3-11)18-7-1-6-16-18/h1-9H,(H,14,15)(H,17,19). The molecule has 0 radical (unpaired) electrons. The summed E-state index contributed by atoms with van der Waals surface area (Å²) in [6.07, 6.45) is 6.61. The monoisotopic (exact) mass is 253 g/mol. The summed E-state index contributed by atoms with van der Waals surface area (Å²) in [7, 11) is 0. The van der Waals surface area contributed by atoms with E-state index in [1.807, 2.05) is 36.5 Å². The van der Waals surface area contributed by atoms with E-state index >= 15 is 0 Å². The van der Waals surface area contributed by atoms with Gasteiger partial charge in [-0.15, -0.1) is 0 Å². The first-order valence-electron chi connectivity index (χ1n) is 5.73. The van der Waals surface area contributed by atoms with Crippen LogP contribution in [0.15, 0.2) is 55.1 Å². The Hall–Kier alpha value is -2.89. The van der Waals surface area contributed by atoms with Gasteiger partial charge in [0.05, 0.1) is 17.4 Å². The molecule has 0 spiro atoms. The van der Waals surface area contributed by atoms with Gasteiger partial charge in [0.25, 0.3) is 5.91 Å². The highest BCUT2D eigenvalue weighted by atomic mass is 16.1. The molecule has 6 nitrogen and oxygen atoms in total. The van der Waals surface area contributed by atoms with Crippen LogP contribution < -0.4 is 5.32 Å². The molecule has 2 N–H and O–H groups in total. The van der Waals surface area contributed by atoms with Crippen molar-refractivity contribution in [3.8, 4) is 5.69 Å². The van der Waals surface area contributed by atoms with Gasteiger partial charge in [0.2, 0.25) is 0 Å². The van der Waals surface area contributed by atoms with Crippen LogP contribution in [-0.2, 0) is 0 Å². The van der Waals surface area contributed by atoms with E-state index in [0.717, 1.165) is 11.4 Å². The molecule has 0 saturated heterocycles. The Morgan fingerprint density at radius 2 is 2.11 bits per heavy atom. The number of anilines is 1. The molecule has 0 aliphatic heterocycles. The Kier molecular flexibility index (Phi) is 2.82. The number of hydrogen-bond acceptors (Lipinski definition) is 3. The van der Waals surface area contributed by atoms with Gasteiger partial charge in [0.1, 0.15) is 0 Å². The molecule has 0 fully saturated rings. The van der Waals surface area contributed by atoms with Crippen LogP contribution in [0.25, 0.3) is 5.69 Å². The van der Waals surface area contributed by atoms with Gasteiger partial charge in [-0.2, -0.15) is 10.2 Å².